The zero-order valence-electron chi connectivity index (χ0n) is 27.3. The quantitative estimate of drug-likeness (QED) is 0.178. The lowest BCUT2D eigenvalue weighted by Gasteiger charge is -2.16. The molecule has 0 atom stereocenters. The fourth-order valence-electron chi connectivity index (χ4n) is 7.46. The van der Waals surface area contributed by atoms with Crippen molar-refractivity contribution in [2.24, 2.45) is 0 Å². The van der Waals surface area contributed by atoms with Crippen molar-refractivity contribution < 1.29 is 0 Å². The van der Waals surface area contributed by atoms with Gasteiger partial charge in [0.15, 0.2) is 17.5 Å². The highest BCUT2D eigenvalue weighted by Gasteiger charge is 2.22. The van der Waals surface area contributed by atoms with Gasteiger partial charge in [-0.1, -0.05) is 131 Å². The smallest absolute Gasteiger partial charge is 0.166 e. The van der Waals surface area contributed by atoms with E-state index in [0.29, 0.717) is 17.5 Å². The first-order chi connectivity index (χ1) is 25.2. The maximum absolute atomic E-state index is 5.33. The zero-order valence-corrected chi connectivity index (χ0v) is 28.9. The van der Waals surface area contributed by atoms with Crippen LogP contribution in [0.25, 0.3) is 89.2 Å². The zero-order chi connectivity index (χ0) is 33.9. The minimum Gasteiger partial charge on any atom is -0.309 e. The predicted molar refractivity (Wildman–Crippen MR) is 213 cm³/mol. The SMILES string of the molecule is Brc1ccccc1-c1nc(-c2ccccc2-n2c3ccccc3c3ccccc32)nc(-c2ccccc2-n2c3ccccc3c3ccccc32)n1. The summed E-state index contributed by atoms with van der Waals surface area (Å²) in [6, 6.07) is 59.1. The molecule has 0 amide bonds. The summed E-state index contributed by atoms with van der Waals surface area (Å²) in [4.78, 5) is 15.7. The van der Waals surface area contributed by atoms with Gasteiger partial charge in [-0.25, -0.2) is 15.0 Å². The summed E-state index contributed by atoms with van der Waals surface area (Å²) in [7, 11) is 0. The summed E-state index contributed by atoms with van der Waals surface area (Å²) in [5, 5.41) is 4.81. The summed E-state index contributed by atoms with van der Waals surface area (Å²) in [5.41, 5.74) is 9.23. The van der Waals surface area contributed by atoms with Gasteiger partial charge in [0.05, 0.1) is 33.4 Å². The monoisotopic (exact) mass is 717 g/mol. The van der Waals surface area contributed by atoms with Crippen LogP contribution >= 0.6 is 15.9 Å². The predicted octanol–water partition coefficient (Wildman–Crippen LogP) is 11.8. The Balaban J connectivity index is 1.26. The lowest BCUT2D eigenvalue weighted by atomic mass is 10.1. The number of benzene rings is 7. The molecule has 0 spiro atoms. The van der Waals surface area contributed by atoms with Crippen molar-refractivity contribution in [1.29, 1.82) is 0 Å². The van der Waals surface area contributed by atoms with Crippen LogP contribution in [-0.2, 0) is 0 Å². The van der Waals surface area contributed by atoms with Crippen LogP contribution in [0.4, 0.5) is 0 Å². The molecule has 7 aromatic carbocycles. The van der Waals surface area contributed by atoms with Crippen LogP contribution in [0, 0.1) is 0 Å². The first-order valence-electron chi connectivity index (χ1n) is 16.9. The molecule has 240 valence electrons. The standard InChI is InChI=1S/C45H28BrN5/c46-36-22-8-1-19-33(36)43-47-44(34-20-6-13-27-41(34)50-37-23-9-2-15-29(37)30-16-3-10-24-38(30)50)49-45(48-43)35-21-7-14-28-42(35)51-39-25-11-4-17-31(39)32-18-5-12-26-40(32)51/h1-28H. The van der Waals surface area contributed by atoms with Crippen molar-refractivity contribution in [3.8, 4) is 45.5 Å². The molecule has 51 heavy (non-hydrogen) atoms. The topological polar surface area (TPSA) is 48.5 Å². The molecule has 10 rings (SSSR count). The maximum Gasteiger partial charge on any atom is 0.166 e. The van der Waals surface area contributed by atoms with Gasteiger partial charge < -0.3 is 9.13 Å². The molecule has 10 aromatic rings. The van der Waals surface area contributed by atoms with Gasteiger partial charge >= 0.3 is 0 Å². The summed E-state index contributed by atoms with van der Waals surface area (Å²) in [6.45, 7) is 0. The van der Waals surface area contributed by atoms with Gasteiger partial charge in [0.1, 0.15) is 0 Å². The Morgan fingerprint density at radius 3 is 1.00 bits per heavy atom. The molecule has 0 bridgehead atoms. The molecule has 0 unspecified atom stereocenters. The Kier molecular flexibility index (Phi) is 6.89. The van der Waals surface area contributed by atoms with E-state index in [9.17, 15) is 0 Å². The molecule has 0 N–H and O–H groups in total. The third-order valence-corrected chi connectivity index (χ3v) is 10.4. The van der Waals surface area contributed by atoms with Crippen molar-refractivity contribution >= 4 is 59.5 Å². The van der Waals surface area contributed by atoms with Crippen LogP contribution in [0.3, 0.4) is 0 Å². The minimum absolute atomic E-state index is 0.594. The normalized spacial score (nSPS) is 11.6. The van der Waals surface area contributed by atoms with Crippen LogP contribution in [0.1, 0.15) is 0 Å². The average molecular weight is 719 g/mol. The van der Waals surface area contributed by atoms with Gasteiger partial charge in [0.25, 0.3) is 0 Å². The molecule has 6 heteroatoms. The Hall–Kier alpha value is -6.37. The van der Waals surface area contributed by atoms with Gasteiger partial charge in [0, 0.05) is 42.7 Å². The van der Waals surface area contributed by atoms with Gasteiger partial charge in [-0.3, -0.25) is 0 Å². The van der Waals surface area contributed by atoms with E-state index in [4.69, 9.17) is 15.0 Å². The van der Waals surface area contributed by atoms with E-state index >= 15 is 0 Å². The number of aromatic nitrogens is 5. The summed E-state index contributed by atoms with van der Waals surface area (Å²) < 4.78 is 5.57. The van der Waals surface area contributed by atoms with Gasteiger partial charge in [-0.2, -0.15) is 0 Å². The number of hydrogen-bond donors (Lipinski definition) is 0. The van der Waals surface area contributed by atoms with E-state index in [-0.39, 0.29) is 0 Å². The summed E-state index contributed by atoms with van der Waals surface area (Å²) in [5.74, 6) is 1.79. The molecular formula is C45H28BrN5. The third kappa shape index (κ3) is 4.72. The lowest BCUT2D eigenvalue weighted by molar-refractivity contribution is 1.06. The maximum atomic E-state index is 5.33. The van der Waals surface area contributed by atoms with Crippen molar-refractivity contribution in [1.82, 2.24) is 24.1 Å². The first-order valence-corrected chi connectivity index (χ1v) is 17.7. The van der Waals surface area contributed by atoms with Crippen LogP contribution in [-0.4, -0.2) is 24.1 Å². The van der Waals surface area contributed by atoms with Crippen molar-refractivity contribution in [2.45, 2.75) is 0 Å². The molecule has 0 aliphatic carbocycles. The third-order valence-electron chi connectivity index (χ3n) is 9.68. The molecule has 0 fully saturated rings. The molecule has 3 heterocycles. The Morgan fingerprint density at radius 1 is 0.314 bits per heavy atom. The first kappa shape index (κ1) is 29.5. The Bertz CT molecular complexity index is 2670. The molecule has 0 radical (unpaired) electrons. The second-order valence-corrected chi connectivity index (χ2v) is 13.4. The van der Waals surface area contributed by atoms with Gasteiger partial charge in [0.2, 0.25) is 0 Å². The summed E-state index contributed by atoms with van der Waals surface area (Å²) in [6.07, 6.45) is 0. The van der Waals surface area contributed by atoms with E-state index in [2.05, 4.69) is 171 Å². The highest BCUT2D eigenvalue weighted by Crippen LogP contribution is 2.39. The Morgan fingerprint density at radius 2 is 0.608 bits per heavy atom. The molecule has 3 aromatic heterocycles. The second-order valence-electron chi connectivity index (χ2n) is 12.6. The van der Waals surface area contributed by atoms with Crippen LogP contribution in [0.5, 0.6) is 0 Å². The molecule has 0 aliphatic heterocycles. The Labute approximate surface area is 302 Å². The summed E-state index contributed by atoms with van der Waals surface area (Å²) >= 11 is 3.79. The highest BCUT2D eigenvalue weighted by molar-refractivity contribution is 9.10. The molecule has 0 saturated heterocycles. The van der Waals surface area contributed by atoms with Crippen LogP contribution in [0.15, 0.2) is 174 Å². The van der Waals surface area contributed by atoms with E-state index in [1.54, 1.807) is 0 Å². The average Bonchev–Trinajstić information content (AvgIpc) is 3.71. The number of rotatable bonds is 5. The largest absolute Gasteiger partial charge is 0.309 e. The molecular weight excluding hydrogens is 690 g/mol. The number of hydrogen-bond acceptors (Lipinski definition) is 3. The van der Waals surface area contributed by atoms with Crippen LogP contribution in [0.2, 0.25) is 0 Å². The van der Waals surface area contributed by atoms with E-state index in [1.807, 2.05) is 24.3 Å². The van der Waals surface area contributed by atoms with E-state index in [0.717, 1.165) is 54.6 Å². The van der Waals surface area contributed by atoms with Crippen molar-refractivity contribution in [3.05, 3.63) is 174 Å². The van der Waals surface area contributed by atoms with Crippen molar-refractivity contribution in [3.63, 3.8) is 0 Å². The fraction of sp³-hybridized carbons (Fsp3) is 0. The molecule has 5 nitrogen and oxygen atoms in total. The van der Waals surface area contributed by atoms with Gasteiger partial charge in [-0.15, -0.1) is 0 Å². The van der Waals surface area contributed by atoms with Gasteiger partial charge in [-0.05, 0) is 54.6 Å². The molecule has 0 aliphatic rings. The number of halogens is 1. The van der Waals surface area contributed by atoms with Crippen molar-refractivity contribution in [2.75, 3.05) is 0 Å². The fourth-order valence-corrected chi connectivity index (χ4v) is 7.92. The number of para-hydroxylation sites is 6. The number of nitrogens with zero attached hydrogens (tertiary/aromatic N) is 5. The van der Waals surface area contributed by atoms with Crippen LogP contribution < -0.4 is 0 Å². The second kappa shape index (κ2) is 11.9. The minimum atomic E-state index is 0.594. The number of fused-ring (bicyclic) bond motifs is 6. The highest BCUT2D eigenvalue weighted by atomic mass is 79.9. The van der Waals surface area contributed by atoms with E-state index < -0.39 is 0 Å². The molecule has 0 saturated carbocycles. The van der Waals surface area contributed by atoms with E-state index in [1.165, 1.54) is 21.5 Å². The lowest BCUT2D eigenvalue weighted by Crippen LogP contribution is -2.05.